The number of thioether (sulfide) groups is 1. The molecule has 3 aromatic rings. The first-order valence-electron chi connectivity index (χ1n) is 11.7. The second-order valence-electron chi connectivity index (χ2n) is 7.93. The lowest BCUT2D eigenvalue weighted by Gasteiger charge is -2.13. The van der Waals surface area contributed by atoms with Crippen LogP contribution in [0.2, 0.25) is 5.02 Å². The molecule has 1 N–H and O–H groups in total. The van der Waals surface area contributed by atoms with E-state index in [1.165, 1.54) is 23.9 Å². The zero-order chi connectivity index (χ0) is 26.4. The number of rotatable bonds is 9. The second kappa shape index (κ2) is 12.0. The predicted octanol–water partition coefficient (Wildman–Crippen LogP) is 6.64. The van der Waals surface area contributed by atoms with Crippen molar-refractivity contribution in [1.82, 2.24) is 4.90 Å². The monoisotopic (exact) mass is 536 g/mol. The molecule has 0 saturated carbocycles. The highest BCUT2D eigenvalue weighted by Crippen LogP contribution is 2.36. The average Bonchev–Trinajstić information content (AvgIpc) is 3.18. The molecule has 0 unspecified atom stereocenters. The zero-order valence-electron chi connectivity index (χ0n) is 20.3. The van der Waals surface area contributed by atoms with E-state index in [0.717, 1.165) is 11.1 Å². The van der Waals surface area contributed by atoms with Crippen LogP contribution in [-0.4, -0.2) is 40.2 Å². The molecular formula is C28H25ClN2O5S. The SMILES string of the molecule is CCOc1cc(/C=C2\SC(=Nc3ccc(C(=O)O)cc3)N(CC)C2=O)ccc1OCc1ccccc1Cl. The number of aliphatic imine (C=N–C) groups is 1. The van der Waals surface area contributed by atoms with Gasteiger partial charge in [0.15, 0.2) is 16.7 Å². The van der Waals surface area contributed by atoms with Gasteiger partial charge in [0.25, 0.3) is 5.91 Å². The topological polar surface area (TPSA) is 88.4 Å². The molecule has 3 aromatic carbocycles. The van der Waals surface area contributed by atoms with Crippen LogP contribution in [0, 0.1) is 0 Å². The lowest BCUT2D eigenvalue weighted by Crippen LogP contribution is -2.28. The minimum Gasteiger partial charge on any atom is -0.490 e. The number of ether oxygens (including phenoxy) is 2. The molecular weight excluding hydrogens is 512 g/mol. The van der Waals surface area contributed by atoms with Gasteiger partial charge in [-0.2, -0.15) is 0 Å². The summed E-state index contributed by atoms with van der Waals surface area (Å²) in [5, 5.41) is 10.3. The van der Waals surface area contributed by atoms with E-state index >= 15 is 0 Å². The molecule has 37 heavy (non-hydrogen) atoms. The van der Waals surface area contributed by atoms with Crippen LogP contribution in [0.3, 0.4) is 0 Å². The Morgan fingerprint density at radius 3 is 2.49 bits per heavy atom. The molecule has 1 aliphatic rings. The lowest BCUT2D eigenvalue weighted by molar-refractivity contribution is -0.122. The van der Waals surface area contributed by atoms with Crippen LogP contribution in [0.15, 0.2) is 76.6 Å². The van der Waals surface area contributed by atoms with Crippen LogP contribution >= 0.6 is 23.4 Å². The van der Waals surface area contributed by atoms with Crippen molar-refractivity contribution in [3.8, 4) is 11.5 Å². The highest BCUT2D eigenvalue weighted by molar-refractivity contribution is 8.18. The van der Waals surface area contributed by atoms with Crippen LogP contribution in [0.5, 0.6) is 11.5 Å². The maximum Gasteiger partial charge on any atom is 0.335 e. The Balaban J connectivity index is 1.56. The van der Waals surface area contributed by atoms with Crippen molar-refractivity contribution in [1.29, 1.82) is 0 Å². The van der Waals surface area contributed by atoms with Crippen molar-refractivity contribution >= 4 is 52.2 Å². The van der Waals surface area contributed by atoms with Crippen molar-refractivity contribution in [2.45, 2.75) is 20.5 Å². The molecule has 0 atom stereocenters. The van der Waals surface area contributed by atoms with Gasteiger partial charge in [0.1, 0.15) is 6.61 Å². The Morgan fingerprint density at radius 2 is 1.81 bits per heavy atom. The molecule has 7 nitrogen and oxygen atoms in total. The summed E-state index contributed by atoms with van der Waals surface area (Å²) in [7, 11) is 0. The third-order valence-corrected chi connectivity index (χ3v) is 6.83. The average molecular weight is 537 g/mol. The third-order valence-electron chi connectivity index (χ3n) is 5.45. The second-order valence-corrected chi connectivity index (χ2v) is 9.34. The quantitative estimate of drug-likeness (QED) is 0.308. The number of carbonyl (C=O) groups is 2. The van der Waals surface area contributed by atoms with Gasteiger partial charge >= 0.3 is 5.97 Å². The molecule has 1 saturated heterocycles. The number of halogens is 1. The first-order chi connectivity index (χ1) is 17.9. The Hall–Kier alpha value is -3.75. The minimum atomic E-state index is -1.00. The van der Waals surface area contributed by atoms with E-state index in [1.807, 2.05) is 56.3 Å². The van der Waals surface area contributed by atoms with E-state index in [1.54, 1.807) is 23.1 Å². The highest BCUT2D eigenvalue weighted by atomic mass is 35.5. The number of amides is 1. The summed E-state index contributed by atoms with van der Waals surface area (Å²) in [4.78, 5) is 30.8. The van der Waals surface area contributed by atoms with Crippen LogP contribution in [0.1, 0.15) is 35.3 Å². The van der Waals surface area contributed by atoms with E-state index in [4.69, 9.17) is 26.2 Å². The minimum absolute atomic E-state index is 0.148. The molecule has 0 radical (unpaired) electrons. The fourth-order valence-corrected chi connectivity index (χ4v) is 4.84. The van der Waals surface area contributed by atoms with Gasteiger partial charge in [-0.1, -0.05) is 35.9 Å². The molecule has 9 heteroatoms. The summed E-state index contributed by atoms with van der Waals surface area (Å²) < 4.78 is 11.8. The van der Waals surface area contributed by atoms with Crippen LogP contribution in [0.25, 0.3) is 6.08 Å². The molecule has 190 valence electrons. The molecule has 0 spiro atoms. The van der Waals surface area contributed by atoms with Crippen molar-refractivity contribution in [3.05, 3.63) is 93.3 Å². The molecule has 0 aromatic heterocycles. The Labute approximate surface area is 224 Å². The number of likely N-dealkylation sites (N-methyl/N-ethyl adjacent to an activating group) is 1. The van der Waals surface area contributed by atoms with E-state index < -0.39 is 5.97 Å². The number of aromatic carboxylic acids is 1. The number of carbonyl (C=O) groups excluding carboxylic acids is 1. The molecule has 4 rings (SSSR count). The van der Waals surface area contributed by atoms with Gasteiger partial charge in [-0.05, 0) is 79.7 Å². The number of hydrogen-bond donors (Lipinski definition) is 1. The Kier molecular flexibility index (Phi) is 8.53. The lowest BCUT2D eigenvalue weighted by atomic mass is 10.1. The summed E-state index contributed by atoms with van der Waals surface area (Å²) in [5.74, 6) is -0.00202. The number of carboxylic acids is 1. The first-order valence-corrected chi connectivity index (χ1v) is 12.9. The smallest absolute Gasteiger partial charge is 0.335 e. The third kappa shape index (κ3) is 6.34. The number of nitrogens with zero attached hydrogens (tertiary/aromatic N) is 2. The molecule has 0 aliphatic carbocycles. The zero-order valence-corrected chi connectivity index (χ0v) is 21.9. The summed E-state index contributed by atoms with van der Waals surface area (Å²) in [6.07, 6.45) is 1.80. The van der Waals surface area contributed by atoms with Gasteiger partial charge in [-0.25, -0.2) is 9.79 Å². The number of amidine groups is 1. The van der Waals surface area contributed by atoms with Crippen molar-refractivity contribution in [2.24, 2.45) is 4.99 Å². The summed E-state index contributed by atoms with van der Waals surface area (Å²) in [6, 6.07) is 19.2. The fourth-order valence-electron chi connectivity index (χ4n) is 3.58. The number of carboxylic acid groups (broad SMARTS) is 1. The largest absolute Gasteiger partial charge is 0.490 e. The fraction of sp³-hybridized carbons (Fsp3) is 0.179. The maximum absolute atomic E-state index is 13.1. The van der Waals surface area contributed by atoms with Crippen LogP contribution in [-0.2, 0) is 11.4 Å². The van der Waals surface area contributed by atoms with Crippen molar-refractivity contribution < 1.29 is 24.2 Å². The van der Waals surface area contributed by atoms with Crippen molar-refractivity contribution in [2.75, 3.05) is 13.2 Å². The van der Waals surface area contributed by atoms with E-state index in [0.29, 0.717) is 52.0 Å². The van der Waals surface area contributed by atoms with Gasteiger partial charge in [-0.3, -0.25) is 9.69 Å². The standard InChI is InChI=1S/C28H25ClN2O5S/c1-3-31-26(32)25(37-28(31)30-21-12-10-19(11-13-21)27(33)34)16-18-9-14-23(24(15-18)35-4-2)36-17-20-7-5-6-8-22(20)29/h5-16H,3-4,17H2,1-2H3,(H,33,34)/b25-16-,30-28?. The predicted molar refractivity (Wildman–Crippen MR) is 147 cm³/mol. The van der Waals surface area contributed by atoms with E-state index in [-0.39, 0.29) is 11.5 Å². The van der Waals surface area contributed by atoms with E-state index in [9.17, 15) is 9.59 Å². The van der Waals surface area contributed by atoms with Crippen LogP contribution < -0.4 is 9.47 Å². The van der Waals surface area contributed by atoms with Gasteiger partial charge in [-0.15, -0.1) is 0 Å². The van der Waals surface area contributed by atoms with Crippen molar-refractivity contribution in [3.63, 3.8) is 0 Å². The number of benzene rings is 3. The van der Waals surface area contributed by atoms with Gasteiger partial charge in [0.05, 0.1) is 22.8 Å². The van der Waals surface area contributed by atoms with Gasteiger partial charge in [0, 0.05) is 17.1 Å². The first kappa shape index (κ1) is 26.3. The summed E-state index contributed by atoms with van der Waals surface area (Å²) >= 11 is 7.51. The molecule has 1 aliphatic heterocycles. The Bertz CT molecular complexity index is 1370. The molecule has 1 heterocycles. The van der Waals surface area contributed by atoms with Gasteiger partial charge < -0.3 is 14.6 Å². The van der Waals surface area contributed by atoms with Crippen LogP contribution in [0.4, 0.5) is 5.69 Å². The normalized spacial score (nSPS) is 15.4. The summed E-state index contributed by atoms with van der Waals surface area (Å²) in [5.41, 5.74) is 2.40. The van der Waals surface area contributed by atoms with E-state index in [2.05, 4.69) is 4.99 Å². The molecule has 0 bridgehead atoms. The summed E-state index contributed by atoms with van der Waals surface area (Å²) in [6.45, 7) is 4.98. The molecule has 1 amide bonds. The maximum atomic E-state index is 13.1. The highest BCUT2D eigenvalue weighted by Gasteiger charge is 2.32. The van der Waals surface area contributed by atoms with Gasteiger partial charge in [0.2, 0.25) is 0 Å². The Morgan fingerprint density at radius 1 is 1.05 bits per heavy atom. The number of hydrogen-bond acceptors (Lipinski definition) is 6. The molecule has 1 fully saturated rings.